The first-order valence-corrected chi connectivity index (χ1v) is 10.2. The number of rotatable bonds is 0. The van der Waals surface area contributed by atoms with Gasteiger partial charge in [0.2, 0.25) is 0 Å². The van der Waals surface area contributed by atoms with Crippen LogP contribution in [0, 0.1) is 34.5 Å². The molecule has 0 unspecified atom stereocenters. The summed E-state index contributed by atoms with van der Waals surface area (Å²) < 4.78 is 6.26. The van der Waals surface area contributed by atoms with Gasteiger partial charge in [0.1, 0.15) is 0 Å². The molecule has 0 aromatic carbocycles. The summed E-state index contributed by atoms with van der Waals surface area (Å²) in [5.41, 5.74) is 1.52. The normalized spacial score (nSPS) is 60.3. The first-order chi connectivity index (χ1) is 10.6. The van der Waals surface area contributed by atoms with Crippen molar-refractivity contribution in [3.8, 4) is 0 Å². The Morgan fingerprint density at radius 2 is 1.59 bits per heavy atom. The molecule has 4 aliphatic carbocycles. The van der Waals surface area contributed by atoms with E-state index in [2.05, 4.69) is 13.8 Å². The first-order valence-electron chi connectivity index (χ1n) is 10.2. The summed E-state index contributed by atoms with van der Waals surface area (Å²) in [4.78, 5) is 0. The van der Waals surface area contributed by atoms with E-state index in [1.54, 1.807) is 6.42 Å². The van der Waals surface area contributed by atoms with Gasteiger partial charge in [-0.05, 0) is 85.9 Å². The number of hydrogen-bond donors (Lipinski definition) is 0. The van der Waals surface area contributed by atoms with Crippen LogP contribution in [0.3, 0.4) is 0 Å². The molecule has 5 aliphatic rings. The second kappa shape index (κ2) is 4.52. The van der Waals surface area contributed by atoms with Crippen molar-refractivity contribution in [2.75, 3.05) is 6.61 Å². The molecular formula is C21H34O. The Morgan fingerprint density at radius 1 is 0.773 bits per heavy atom. The van der Waals surface area contributed by atoms with Crippen LogP contribution in [0.1, 0.15) is 84.5 Å². The zero-order valence-corrected chi connectivity index (χ0v) is 14.7. The molecule has 5 fully saturated rings. The molecular weight excluding hydrogens is 268 g/mol. The predicted molar refractivity (Wildman–Crippen MR) is 89.6 cm³/mol. The van der Waals surface area contributed by atoms with Gasteiger partial charge in [0.15, 0.2) is 0 Å². The van der Waals surface area contributed by atoms with E-state index >= 15 is 0 Å². The second-order valence-corrected chi connectivity index (χ2v) is 9.99. The Bertz CT molecular complexity index is 465. The molecule has 0 aromatic heterocycles. The molecule has 1 heterocycles. The van der Waals surface area contributed by atoms with Crippen LogP contribution in [-0.2, 0) is 4.74 Å². The average Bonchev–Trinajstić information content (AvgIpc) is 2.79. The maximum atomic E-state index is 6.26. The number of hydrogen-bond acceptors (Lipinski definition) is 1. The fourth-order valence-electron chi connectivity index (χ4n) is 8.38. The van der Waals surface area contributed by atoms with Crippen molar-refractivity contribution in [1.29, 1.82) is 0 Å². The molecule has 0 bridgehead atoms. The van der Waals surface area contributed by atoms with Crippen LogP contribution in [0.15, 0.2) is 0 Å². The standard InChI is InChI=1S/C21H34O/c1-19-10-4-3-5-15(19)6-7-16-17(19)8-11-20(2)18(16)9-12-21(20)13-14-22-21/h15-18H,3-14H2,1-2H3/t15-,16-,17-,18-,19-,20+,21+/m1/s1. The van der Waals surface area contributed by atoms with E-state index in [1.165, 1.54) is 64.2 Å². The summed E-state index contributed by atoms with van der Waals surface area (Å²) >= 11 is 0. The monoisotopic (exact) mass is 302 g/mol. The summed E-state index contributed by atoms with van der Waals surface area (Å²) in [7, 11) is 0. The molecule has 1 saturated heterocycles. The zero-order valence-electron chi connectivity index (χ0n) is 14.7. The lowest BCUT2D eigenvalue weighted by Gasteiger charge is -2.63. The minimum atomic E-state index is 0.312. The number of ether oxygens (including phenoxy) is 1. The smallest absolute Gasteiger partial charge is 0.0760 e. The van der Waals surface area contributed by atoms with Crippen molar-refractivity contribution in [2.45, 2.75) is 90.1 Å². The summed E-state index contributed by atoms with van der Waals surface area (Å²) in [6.07, 6.45) is 16.3. The number of fused-ring (bicyclic) bond motifs is 6. The summed E-state index contributed by atoms with van der Waals surface area (Å²) in [5, 5.41) is 0. The molecule has 0 N–H and O–H groups in total. The Kier molecular flexibility index (Phi) is 2.94. The molecule has 0 aromatic rings. The van der Waals surface area contributed by atoms with Crippen molar-refractivity contribution in [1.82, 2.24) is 0 Å². The lowest BCUT2D eigenvalue weighted by atomic mass is 9.44. The molecule has 5 rings (SSSR count). The van der Waals surface area contributed by atoms with E-state index in [9.17, 15) is 0 Å². The van der Waals surface area contributed by atoms with Crippen molar-refractivity contribution < 1.29 is 4.74 Å². The van der Waals surface area contributed by atoms with Crippen LogP contribution >= 0.6 is 0 Å². The van der Waals surface area contributed by atoms with E-state index < -0.39 is 0 Å². The molecule has 4 saturated carbocycles. The topological polar surface area (TPSA) is 9.23 Å². The van der Waals surface area contributed by atoms with E-state index in [0.29, 0.717) is 16.4 Å². The Hall–Kier alpha value is -0.0400. The van der Waals surface area contributed by atoms with E-state index in [0.717, 1.165) is 30.3 Å². The first kappa shape index (κ1) is 14.3. The molecule has 124 valence electrons. The van der Waals surface area contributed by atoms with Gasteiger partial charge in [0, 0.05) is 6.42 Å². The SMILES string of the molecule is C[C@@]12CCCC[C@@H]1CC[C@@H]1[C@H]2CC[C@@]2(C)[C@@H]1CC[C@]21CCO1. The maximum absolute atomic E-state index is 6.26. The predicted octanol–water partition coefficient (Wildman–Crippen LogP) is 5.58. The van der Waals surface area contributed by atoms with Gasteiger partial charge < -0.3 is 4.74 Å². The highest BCUT2D eigenvalue weighted by atomic mass is 16.5. The molecule has 0 radical (unpaired) electrons. The van der Waals surface area contributed by atoms with Crippen LogP contribution in [0.5, 0.6) is 0 Å². The molecule has 22 heavy (non-hydrogen) atoms. The van der Waals surface area contributed by atoms with Crippen molar-refractivity contribution in [3.05, 3.63) is 0 Å². The van der Waals surface area contributed by atoms with E-state index in [4.69, 9.17) is 4.74 Å². The van der Waals surface area contributed by atoms with Crippen LogP contribution < -0.4 is 0 Å². The van der Waals surface area contributed by atoms with E-state index in [1.807, 2.05) is 0 Å². The molecule has 0 amide bonds. The maximum Gasteiger partial charge on any atom is 0.0760 e. The second-order valence-electron chi connectivity index (χ2n) is 9.99. The van der Waals surface area contributed by atoms with E-state index in [-0.39, 0.29) is 0 Å². The van der Waals surface area contributed by atoms with Gasteiger partial charge in [-0.25, -0.2) is 0 Å². The molecule has 1 spiro atoms. The highest BCUT2D eigenvalue weighted by Crippen LogP contribution is 2.70. The molecule has 1 heteroatoms. The highest BCUT2D eigenvalue weighted by Gasteiger charge is 2.66. The van der Waals surface area contributed by atoms with Gasteiger partial charge in [-0.2, -0.15) is 0 Å². The minimum absolute atomic E-state index is 0.312. The van der Waals surface area contributed by atoms with Crippen molar-refractivity contribution >= 4 is 0 Å². The van der Waals surface area contributed by atoms with Crippen LogP contribution in [0.2, 0.25) is 0 Å². The lowest BCUT2D eigenvalue weighted by Crippen LogP contribution is -2.59. The average molecular weight is 303 g/mol. The molecule has 1 nitrogen and oxygen atoms in total. The third-order valence-electron chi connectivity index (χ3n) is 9.76. The third-order valence-corrected chi connectivity index (χ3v) is 9.76. The van der Waals surface area contributed by atoms with Crippen molar-refractivity contribution in [2.24, 2.45) is 34.5 Å². The lowest BCUT2D eigenvalue weighted by molar-refractivity contribution is -0.231. The van der Waals surface area contributed by atoms with Crippen LogP contribution in [0.4, 0.5) is 0 Å². The molecule has 7 atom stereocenters. The molecule has 1 aliphatic heterocycles. The Balaban J connectivity index is 1.47. The van der Waals surface area contributed by atoms with Crippen LogP contribution in [0.25, 0.3) is 0 Å². The highest BCUT2D eigenvalue weighted by molar-refractivity contribution is 5.16. The van der Waals surface area contributed by atoms with Gasteiger partial charge >= 0.3 is 0 Å². The van der Waals surface area contributed by atoms with Crippen LogP contribution in [-0.4, -0.2) is 12.2 Å². The third kappa shape index (κ3) is 1.55. The quantitative estimate of drug-likeness (QED) is 0.567. The summed E-state index contributed by atoms with van der Waals surface area (Å²) in [5.74, 6) is 4.11. The largest absolute Gasteiger partial charge is 0.374 e. The van der Waals surface area contributed by atoms with Gasteiger partial charge in [-0.1, -0.05) is 26.7 Å². The Morgan fingerprint density at radius 3 is 2.36 bits per heavy atom. The van der Waals surface area contributed by atoms with Gasteiger partial charge in [-0.15, -0.1) is 0 Å². The summed E-state index contributed by atoms with van der Waals surface area (Å²) in [6.45, 7) is 6.35. The minimum Gasteiger partial charge on any atom is -0.374 e. The van der Waals surface area contributed by atoms with Gasteiger partial charge in [-0.3, -0.25) is 0 Å². The van der Waals surface area contributed by atoms with Gasteiger partial charge in [0.25, 0.3) is 0 Å². The zero-order chi connectivity index (χ0) is 15.0. The fourth-order valence-corrected chi connectivity index (χ4v) is 8.38. The Labute approximate surface area is 136 Å². The fraction of sp³-hybridized carbons (Fsp3) is 1.00. The van der Waals surface area contributed by atoms with Gasteiger partial charge in [0.05, 0.1) is 12.2 Å². The summed E-state index contributed by atoms with van der Waals surface area (Å²) in [6, 6.07) is 0. The van der Waals surface area contributed by atoms with Crippen molar-refractivity contribution in [3.63, 3.8) is 0 Å².